The van der Waals surface area contributed by atoms with Crippen molar-refractivity contribution in [1.82, 2.24) is 0 Å². The molecule has 0 unspecified atom stereocenters. The summed E-state index contributed by atoms with van der Waals surface area (Å²) in [4.78, 5) is 0. The minimum Gasteiger partial charge on any atom is -0.507 e. The zero-order chi connectivity index (χ0) is 13.4. The van der Waals surface area contributed by atoms with Crippen LogP contribution in [0.2, 0.25) is 0 Å². The van der Waals surface area contributed by atoms with Gasteiger partial charge in [-0.1, -0.05) is 50.1 Å². The number of quaternary nitrogens is 1. The Hall–Kier alpha value is -1.80. The average Bonchev–Trinajstić information content (AvgIpc) is 2.29. The molecule has 0 aliphatic carbocycles. The van der Waals surface area contributed by atoms with E-state index in [1.54, 1.807) is 0 Å². The highest BCUT2D eigenvalue weighted by molar-refractivity contribution is 5.13. The van der Waals surface area contributed by atoms with Crippen LogP contribution < -0.4 is 0 Å². The van der Waals surface area contributed by atoms with Gasteiger partial charge in [-0.3, -0.25) is 0 Å². The summed E-state index contributed by atoms with van der Waals surface area (Å²) in [6.45, 7) is 14.2. The number of nitrogens with zero attached hydrogens (tertiary/aromatic N) is 1. The van der Waals surface area contributed by atoms with Gasteiger partial charge in [0.1, 0.15) is 18.8 Å². The van der Waals surface area contributed by atoms with Crippen molar-refractivity contribution in [2.75, 3.05) is 19.6 Å². The first-order chi connectivity index (χ1) is 8.62. The summed E-state index contributed by atoms with van der Waals surface area (Å²) in [6.07, 6.45) is 3.77. The van der Waals surface area contributed by atoms with Crippen LogP contribution in [0.5, 0.6) is 0 Å². The number of hydrogen-bond acceptors (Lipinski definition) is 1. The molecule has 1 aromatic carbocycles. The quantitative estimate of drug-likeness (QED) is 0.422. The summed E-state index contributed by atoms with van der Waals surface area (Å²) in [6, 6.07) is 10.3. The van der Waals surface area contributed by atoms with E-state index in [1.165, 1.54) is 5.56 Å². The molecule has 0 aromatic heterocycles. The summed E-state index contributed by atoms with van der Waals surface area (Å²) < 4.78 is 0.673. The molecule has 0 bridgehead atoms. The predicted octanol–water partition coefficient (Wildman–Crippen LogP) is 3.45. The van der Waals surface area contributed by atoms with E-state index in [4.69, 9.17) is 0 Å². The Morgan fingerprint density at radius 3 is 2.11 bits per heavy atom. The van der Waals surface area contributed by atoms with Crippen molar-refractivity contribution >= 4 is 0 Å². The number of rotatable bonds is 8. The summed E-state index contributed by atoms with van der Waals surface area (Å²) in [5.74, 6) is 0.203. The van der Waals surface area contributed by atoms with Crippen molar-refractivity contribution in [2.45, 2.75) is 6.54 Å². The fourth-order valence-electron chi connectivity index (χ4n) is 2.29. The van der Waals surface area contributed by atoms with Gasteiger partial charge in [0, 0.05) is 5.56 Å². The van der Waals surface area contributed by atoms with Crippen molar-refractivity contribution in [3.8, 4) is 0 Å². The van der Waals surface area contributed by atoms with Gasteiger partial charge in [0.05, 0.1) is 13.1 Å². The van der Waals surface area contributed by atoms with Crippen LogP contribution in [0.1, 0.15) is 5.56 Å². The largest absolute Gasteiger partial charge is 0.507 e. The number of benzene rings is 1. The number of hydrogen-bond donors (Lipinski definition) is 1. The molecule has 0 aliphatic rings. The Morgan fingerprint density at radius 1 is 1.11 bits per heavy atom. The third-order valence-corrected chi connectivity index (χ3v) is 2.91. The van der Waals surface area contributed by atoms with Crippen LogP contribution >= 0.6 is 0 Å². The van der Waals surface area contributed by atoms with Crippen LogP contribution in [0, 0.1) is 0 Å². The molecule has 2 nitrogen and oxygen atoms in total. The maximum Gasteiger partial charge on any atom is 0.140 e. The molecule has 1 N–H and O–H groups in total. The summed E-state index contributed by atoms with van der Waals surface area (Å²) in [5, 5.41) is 9.54. The summed E-state index contributed by atoms with van der Waals surface area (Å²) in [7, 11) is 0. The van der Waals surface area contributed by atoms with Gasteiger partial charge < -0.3 is 9.59 Å². The van der Waals surface area contributed by atoms with E-state index in [-0.39, 0.29) is 5.76 Å². The van der Waals surface area contributed by atoms with Gasteiger partial charge in [-0.05, 0) is 12.2 Å². The predicted molar refractivity (Wildman–Crippen MR) is 77.2 cm³/mol. The molecule has 0 spiro atoms. The van der Waals surface area contributed by atoms with Gasteiger partial charge in [-0.2, -0.15) is 0 Å². The SMILES string of the molecule is C=CC[N+](CC=C)(CC(=C)O)Cc1ccccc1. The zero-order valence-corrected chi connectivity index (χ0v) is 10.9. The first-order valence-corrected chi connectivity index (χ1v) is 6.09. The van der Waals surface area contributed by atoms with E-state index >= 15 is 0 Å². The maximum absolute atomic E-state index is 9.54. The molecule has 0 aliphatic heterocycles. The molecule has 1 rings (SSSR count). The van der Waals surface area contributed by atoms with Crippen molar-refractivity contribution in [3.63, 3.8) is 0 Å². The molecule has 0 amide bonds. The third kappa shape index (κ3) is 4.22. The van der Waals surface area contributed by atoms with E-state index in [0.29, 0.717) is 11.0 Å². The molecule has 0 saturated heterocycles. The Balaban J connectivity index is 2.96. The molecule has 0 heterocycles. The minimum atomic E-state index is 0.203. The molecule has 0 fully saturated rings. The van der Waals surface area contributed by atoms with Crippen molar-refractivity contribution in [2.24, 2.45) is 0 Å². The van der Waals surface area contributed by atoms with E-state index in [0.717, 1.165) is 19.6 Å². The van der Waals surface area contributed by atoms with Crippen LogP contribution in [0.15, 0.2) is 68.0 Å². The monoisotopic (exact) mass is 244 g/mol. The highest BCUT2D eigenvalue weighted by atomic mass is 16.3. The molecule has 96 valence electrons. The zero-order valence-electron chi connectivity index (χ0n) is 10.9. The van der Waals surface area contributed by atoms with Gasteiger partial charge in [0.25, 0.3) is 0 Å². The van der Waals surface area contributed by atoms with Crippen LogP contribution in [0.3, 0.4) is 0 Å². The Labute approximate surface area is 110 Å². The second kappa shape index (κ2) is 6.82. The second-order valence-corrected chi connectivity index (χ2v) is 4.65. The molecule has 0 atom stereocenters. The van der Waals surface area contributed by atoms with Gasteiger partial charge in [-0.15, -0.1) is 0 Å². The smallest absolute Gasteiger partial charge is 0.140 e. The molecular formula is C16H22NO+. The number of aliphatic hydroxyl groups is 1. The lowest BCUT2D eigenvalue weighted by atomic mass is 10.1. The van der Waals surface area contributed by atoms with Crippen LogP contribution in [0.4, 0.5) is 0 Å². The lowest BCUT2D eigenvalue weighted by Gasteiger charge is -2.36. The molecular weight excluding hydrogens is 222 g/mol. The fourth-order valence-corrected chi connectivity index (χ4v) is 2.29. The van der Waals surface area contributed by atoms with Gasteiger partial charge in [-0.25, -0.2) is 0 Å². The van der Waals surface area contributed by atoms with Crippen LogP contribution in [-0.2, 0) is 6.54 Å². The first-order valence-electron chi connectivity index (χ1n) is 6.09. The van der Waals surface area contributed by atoms with Crippen LogP contribution in [-0.4, -0.2) is 29.2 Å². The topological polar surface area (TPSA) is 20.2 Å². The van der Waals surface area contributed by atoms with E-state index in [9.17, 15) is 5.11 Å². The van der Waals surface area contributed by atoms with E-state index < -0.39 is 0 Å². The van der Waals surface area contributed by atoms with Gasteiger partial charge in [0.2, 0.25) is 0 Å². The van der Waals surface area contributed by atoms with Crippen molar-refractivity contribution < 1.29 is 9.59 Å². The van der Waals surface area contributed by atoms with E-state index in [1.807, 2.05) is 30.4 Å². The average molecular weight is 244 g/mol. The molecule has 18 heavy (non-hydrogen) atoms. The minimum absolute atomic E-state index is 0.203. The van der Waals surface area contributed by atoms with E-state index in [2.05, 4.69) is 31.9 Å². The van der Waals surface area contributed by atoms with Gasteiger partial charge >= 0.3 is 0 Å². The second-order valence-electron chi connectivity index (χ2n) is 4.65. The highest BCUT2D eigenvalue weighted by Gasteiger charge is 2.26. The highest BCUT2D eigenvalue weighted by Crippen LogP contribution is 2.17. The Morgan fingerprint density at radius 2 is 1.67 bits per heavy atom. The van der Waals surface area contributed by atoms with Crippen LogP contribution in [0.25, 0.3) is 0 Å². The van der Waals surface area contributed by atoms with Crippen molar-refractivity contribution in [1.29, 1.82) is 0 Å². The third-order valence-electron chi connectivity index (χ3n) is 2.91. The Kier molecular flexibility index (Phi) is 5.40. The molecule has 0 saturated carbocycles. The normalized spacial score (nSPS) is 10.9. The summed E-state index contributed by atoms with van der Waals surface area (Å²) in [5.41, 5.74) is 1.24. The van der Waals surface area contributed by atoms with Crippen molar-refractivity contribution in [3.05, 3.63) is 73.5 Å². The first kappa shape index (κ1) is 14.3. The summed E-state index contributed by atoms with van der Waals surface area (Å²) >= 11 is 0. The standard InChI is InChI=1S/C16H21NO/c1-4-11-17(12-5-2,13-15(3)18)14-16-9-7-6-8-10-16/h4-10H,1-3,11-14H2/p+1. The fraction of sp³-hybridized carbons (Fsp3) is 0.250. The number of aliphatic hydroxyl groups excluding tert-OH is 1. The molecule has 0 radical (unpaired) electrons. The Bertz CT molecular complexity index is 398. The maximum atomic E-state index is 9.54. The lowest BCUT2D eigenvalue weighted by Crippen LogP contribution is -2.48. The van der Waals surface area contributed by atoms with Gasteiger partial charge in [0.15, 0.2) is 0 Å². The molecule has 2 heteroatoms. The molecule has 1 aromatic rings. The lowest BCUT2D eigenvalue weighted by molar-refractivity contribution is -0.927.